The molecule has 1 unspecified atom stereocenters. The maximum atomic E-state index is 13.5. The number of hydrogen-bond donors (Lipinski definition) is 0. The number of pyridine rings is 1. The number of carboxylic acid groups (broad SMARTS) is 1. The number of nitrogens with zero attached hydrogens (tertiary/aromatic N) is 2. The number of ether oxygens (including phenoxy) is 1. The molecule has 0 N–H and O–H groups in total. The molecule has 0 fully saturated rings. The second-order valence-electron chi connectivity index (χ2n) is 6.09. The number of phosphoric acid groups is 1. The van der Waals surface area contributed by atoms with Crippen LogP contribution in [0.15, 0.2) is 79.0 Å². The van der Waals surface area contributed by atoms with E-state index in [-0.39, 0.29) is 29.7 Å². The first-order valence-electron chi connectivity index (χ1n) is 8.90. The Bertz CT molecular complexity index is 1020. The number of para-hydroxylation sites is 2. The number of carbonyl (C=O) groups is 1. The second kappa shape index (κ2) is 8.44. The van der Waals surface area contributed by atoms with Crippen LogP contribution in [0.3, 0.4) is 0 Å². The van der Waals surface area contributed by atoms with Gasteiger partial charge in [0.25, 0.3) is 0 Å². The fraction of sp³-hybridized carbons (Fsp3) is 0.100. The van der Waals surface area contributed by atoms with Gasteiger partial charge < -0.3 is 23.7 Å². The zero-order valence-corrected chi connectivity index (χ0v) is 16.4. The van der Waals surface area contributed by atoms with E-state index in [4.69, 9.17) is 18.3 Å². The number of rotatable bonds is 6. The van der Waals surface area contributed by atoms with Gasteiger partial charge in [0.05, 0.1) is 0 Å². The Balaban J connectivity index is 1.65. The molecule has 1 aliphatic heterocycles. The van der Waals surface area contributed by atoms with Gasteiger partial charge in [0.2, 0.25) is 0 Å². The van der Waals surface area contributed by atoms with Crippen LogP contribution in [0.2, 0.25) is 0 Å². The third kappa shape index (κ3) is 4.37. The summed E-state index contributed by atoms with van der Waals surface area (Å²) in [5.74, 6) is 0.614. The molecule has 154 valence electrons. The van der Waals surface area contributed by atoms with Crippen LogP contribution in [0.25, 0.3) is 0 Å². The molecule has 0 saturated heterocycles. The second-order valence-corrected chi connectivity index (χ2v) is 7.56. The van der Waals surface area contributed by atoms with E-state index in [1.165, 1.54) is 6.20 Å². The molecule has 0 spiro atoms. The summed E-state index contributed by atoms with van der Waals surface area (Å²) in [6.45, 7) is -0.271. The number of benzene rings is 2. The Hall–Kier alpha value is -3.55. The molecular formula is C20H16N2O7P-. The maximum Gasteiger partial charge on any atom is 0.589 e. The third-order valence-corrected chi connectivity index (χ3v) is 5.39. The minimum atomic E-state index is -4.36. The minimum absolute atomic E-state index is 0.0419. The van der Waals surface area contributed by atoms with Gasteiger partial charge in [-0.15, -0.1) is 0 Å². The van der Waals surface area contributed by atoms with E-state index in [0.717, 1.165) is 0 Å². The van der Waals surface area contributed by atoms with E-state index in [2.05, 4.69) is 4.98 Å². The van der Waals surface area contributed by atoms with Crippen molar-refractivity contribution in [2.45, 2.75) is 6.23 Å². The minimum Gasteiger partial charge on any atom is -0.530 e. The number of phosphoric ester groups is 1. The Morgan fingerprint density at radius 2 is 1.60 bits per heavy atom. The number of aromatic nitrogens is 1. The van der Waals surface area contributed by atoms with Crippen LogP contribution in [0, 0.1) is 0 Å². The van der Waals surface area contributed by atoms with E-state index in [9.17, 15) is 14.5 Å². The molecule has 1 amide bonds. The number of amides is 1. The van der Waals surface area contributed by atoms with E-state index in [1.807, 2.05) is 0 Å². The van der Waals surface area contributed by atoms with Crippen molar-refractivity contribution in [2.24, 2.45) is 0 Å². The Morgan fingerprint density at radius 3 is 2.17 bits per heavy atom. The largest absolute Gasteiger partial charge is 0.589 e. The Morgan fingerprint density at radius 1 is 1.00 bits per heavy atom. The first-order valence-corrected chi connectivity index (χ1v) is 10.4. The zero-order valence-electron chi connectivity index (χ0n) is 15.5. The Labute approximate surface area is 172 Å². The van der Waals surface area contributed by atoms with Crippen LogP contribution in [-0.2, 0) is 9.09 Å². The predicted molar refractivity (Wildman–Crippen MR) is 104 cm³/mol. The number of carbonyl (C=O) groups excluding carboxylic acids is 1. The van der Waals surface area contributed by atoms with E-state index in [0.29, 0.717) is 4.90 Å². The monoisotopic (exact) mass is 427 g/mol. The fourth-order valence-corrected chi connectivity index (χ4v) is 4.10. The first kappa shape index (κ1) is 19.8. The summed E-state index contributed by atoms with van der Waals surface area (Å²) in [5.41, 5.74) is 0. The van der Waals surface area contributed by atoms with Crippen LogP contribution in [0.5, 0.6) is 17.2 Å². The maximum absolute atomic E-state index is 13.5. The lowest BCUT2D eigenvalue weighted by molar-refractivity contribution is -0.249. The van der Waals surface area contributed by atoms with Crippen LogP contribution in [0.1, 0.15) is 0 Å². The highest BCUT2D eigenvalue weighted by molar-refractivity contribution is 7.49. The molecule has 0 radical (unpaired) electrons. The molecule has 9 nitrogen and oxygen atoms in total. The average Bonchev–Trinajstić information content (AvgIpc) is 2.74. The lowest BCUT2D eigenvalue weighted by atomic mass is 10.3. The standard InChI is InChI=1S/C20H17N2O7P/c23-20(24)22-18(14-26-17-12-7-13-21-19(17)22)29-30(25,27-15-8-3-1-4-9-15)28-16-10-5-2-6-11-16/h1-13,18H,14H2,(H,23,24)/p-1. The van der Waals surface area contributed by atoms with Crippen molar-refractivity contribution in [1.29, 1.82) is 0 Å². The molecule has 2 aromatic carbocycles. The lowest BCUT2D eigenvalue weighted by Crippen LogP contribution is -2.53. The van der Waals surface area contributed by atoms with Gasteiger partial charge in [-0.3, -0.25) is 4.90 Å². The topological polar surface area (TPSA) is 110 Å². The summed E-state index contributed by atoms with van der Waals surface area (Å²) in [6, 6.07) is 19.6. The van der Waals surface area contributed by atoms with Crippen LogP contribution in [-0.4, -0.2) is 23.9 Å². The number of fused-ring (bicyclic) bond motifs is 1. The van der Waals surface area contributed by atoms with Crippen molar-refractivity contribution < 1.29 is 32.8 Å². The molecule has 30 heavy (non-hydrogen) atoms. The normalized spacial score (nSPS) is 15.6. The summed E-state index contributed by atoms with van der Waals surface area (Å²) < 4.78 is 35.6. The molecule has 2 heterocycles. The van der Waals surface area contributed by atoms with Gasteiger partial charge in [0.1, 0.15) is 24.2 Å². The van der Waals surface area contributed by atoms with Crippen molar-refractivity contribution in [2.75, 3.05) is 11.5 Å². The average molecular weight is 427 g/mol. The van der Waals surface area contributed by atoms with Crippen LogP contribution >= 0.6 is 7.82 Å². The molecule has 0 aliphatic carbocycles. The van der Waals surface area contributed by atoms with E-state index in [1.54, 1.807) is 72.8 Å². The summed E-state index contributed by atoms with van der Waals surface area (Å²) in [5, 5.41) is 11.8. The van der Waals surface area contributed by atoms with Gasteiger partial charge in [-0.1, -0.05) is 36.4 Å². The highest BCUT2D eigenvalue weighted by Crippen LogP contribution is 2.51. The summed E-state index contributed by atoms with van der Waals surface area (Å²) in [6.07, 6.45) is -1.59. The highest BCUT2D eigenvalue weighted by atomic mass is 31.2. The summed E-state index contributed by atoms with van der Waals surface area (Å²) >= 11 is 0. The Kier molecular flexibility index (Phi) is 5.56. The van der Waals surface area contributed by atoms with Crippen LogP contribution in [0.4, 0.5) is 10.6 Å². The van der Waals surface area contributed by atoms with Gasteiger partial charge in [-0.2, -0.15) is 0 Å². The van der Waals surface area contributed by atoms with Crippen molar-refractivity contribution in [3.63, 3.8) is 0 Å². The van der Waals surface area contributed by atoms with Crippen molar-refractivity contribution in [3.8, 4) is 17.2 Å². The van der Waals surface area contributed by atoms with E-state index >= 15 is 0 Å². The fourth-order valence-electron chi connectivity index (χ4n) is 2.76. The smallest absolute Gasteiger partial charge is 0.530 e. The number of hydrogen-bond acceptors (Lipinski definition) is 8. The molecular weight excluding hydrogens is 411 g/mol. The SMILES string of the molecule is O=C([O-])N1c2ncccc2OCC1OP(=O)(Oc1ccccc1)Oc1ccccc1. The van der Waals surface area contributed by atoms with E-state index < -0.39 is 20.1 Å². The van der Waals surface area contributed by atoms with Gasteiger partial charge in [0.15, 0.2) is 17.8 Å². The third-order valence-electron chi connectivity index (χ3n) is 4.02. The quantitative estimate of drug-likeness (QED) is 0.552. The van der Waals surface area contributed by atoms with Gasteiger partial charge in [-0.05, 0) is 36.4 Å². The van der Waals surface area contributed by atoms with Crippen LogP contribution < -0.4 is 23.8 Å². The molecule has 1 aliphatic rings. The predicted octanol–water partition coefficient (Wildman–Crippen LogP) is 3.23. The summed E-state index contributed by atoms with van der Waals surface area (Å²) in [4.78, 5) is 16.5. The first-order chi connectivity index (χ1) is 14.5. The number of anilines is 1. The van der Waals surface area contributed by atoms with Gasteiger partial charge in [0, 0.05) is 6.20 Å². The van der Waals surface area contributed by atoms with Gasteiger partial charge in [-0.25, -0.2) is 14.1 Å². The molecule has 0 saturated carbocycles. The molecule has 3 aromatic rings. The van der Waals surface area contributed by atoms with Crippen molar-refractivity contribution >= 4 is 19.7 Å². The molecule has 0 bridgehead atoms. The van der Waals surface area contributed by atoms with Crippen molar-refractivity contribution in [1.82, 2.24) is 4.98 Å². The summed E-state index contributed by atoms with van der Waals surface area (Å²) in [7, 11) is -4.36. The van der Waals surface area contributed by atoms with Crippen molar-refractivity contribution in [3.05, 3.63) is 79.0 Å². The zero-order chi connectivity index (χ0) is 21.0. The molecule has 4 rings (SSSR count). The lowest BCUT2D eigenvalue weighted by Gasteiger charge is -2.37. The molecule has 1 aromatic heterocycles. The highest BCUT2D eigenvalue weighted by Gasteiger charge is 2.41. The molecule has 10 heteroatoms. The van der Waals surface area contributed by atoms with Gasteiger partial charge >= 0.3 is 7.82 Å². The molecule has 1 atom stereocenters.